The van der Waals surface area contributed by atoms with Crippen LogP contribution in [0.1, 0.15) is 21.5 Å². The highest BCUT2D eigenvalue weighted by atomic mass is 16.6. The number of carbonyl (C=O) groups is 1. The zero-order valence-electron chi connectivity index (χ0n) is 11.6. The minimum atomic E-state index is -0.665. The van der Waals surface area contributed by atoms with Crippen LogP contribution in [0.25, 0.3) is 0 Å². The number of hydrogen-bond donors (Lipinski definition) is 2. The van der Waals surface area contributed by atoms with Gasteiger partial charge in [-0.05, 0) is 43.2 Å². The van der Waals surface area contributed by atoms with Crippen molar-refractivity contribution in [3.05, 3.63) is 57.3 Å². The number of nitro groups is 1. The summed E-state index contributed by atoms with van der Waals surface area (Å²) in [5.41, 5.74) is 7.65. The number of carbonyl (C=O) groups excluding carboxylic acids is 1. The van der Waals surface area contributed by atoms with Crippen molar-refractivity contribution >= 4 is 23.1 Å². The maximum atomic E-state index is 12.2. The SMILES string of the molecule is Cc1ccc(NC(=O)c2cc(N)ncc2[N+](=O)[O-])cc1C. The predicted molar refractivity (Wildman–Crippen MR) is 79.2 cm³/mol. The summed E-state index contributed by atoms with van der Waals surface area (Å²) in [6.45, 7) is 3.87. The number of aryl methyl sites for hydroxylation is 2. The molecule has 7 heteroatoms. The Kier molecular flexibility index (Phi) is 3.84. The van der Waals surface area contributed by atoms with Gasteiger partial charge in [0.1, 0.15) is 17.6 Å². The second kappa shape index (κ2) is 5.58. The second-order valence-corrected chi connectivity index (χ2v) is 4.64. The maximum absolute atomic E-state index is 12.2. The molecule has 0 aliphatic heterocycles. The van der Waals surface area contributed by atoms with E-state index in [0.717, 1.165) is 17.3 Å². The van der Waals surface area contributed by atoms with E-state index in [1.807, 2.05) is 19.9 Å². The van der Waals surface area contributed by atoms with Crippen molar-refractivity contribution in [3.63, 3.8) is 0 Å². The zero-order chi connectivity index (χ0) is 15.6. The standard InChI is InChI=1S/C14H14N4O3/c1-8-3-4-10(5-9(8)2)17-14(19)11-6-13(15)16-7-12(11)18(20)21/h3-7H,1-2H3,(H2,15,16)(H,17,19). The van der Waals surface area contributed by atoms with Crippen LogP contribution in [0.3, 0.4) is 0 Å². The fourth-order valence-electron chi connectivity index (χ4n) is 1.81. The minimum absolute atomic E-state index is 0.0471. The molecule has 0 fully saturated rings. The van der Waals surface area contributed by atoms with Gasteiger partial charge in [-0.25, -0.2) is 4.98 Å². The van der Waals surface area contributed by atoms with Crippen LogP contribution >= 0.6 is 0 Å². The number of aromatic nitrogens is 1. The molecule has 0 unspecified atom stereocenters. The highest BCUT2D eigenvalue weighted by Gasteiger charge is 2.21. The molecular formula is C14H14N4O3. The van der Waals surface area contributed by atoms with Crippen LogP contribution in [0.4, 0.5) is 17.2 Å². The quantitative estimate of drug-likeness (QED) is 0.665. The van der Waals surface area contributed by atoms with Gasteiger partial charge in [0, 0.05) is 5.69 Å². The van der Waals surface area contributed by atoms with Gasteiger partial charge in [-0.2, -0.15) is 0 Å². The number of nitrogens with one attached hydrogen (secondary N) is 1. The van der Waals surface area contributed by atoms with Gasteiger partial charge in [0.05, 0.1) is 4.92 Å². The fourth-order valence-corrected chi connectivity index (χ4v) is 1.81. The van der Waals surface area contributed by atoms with E-state index >= 15 is 0 Å². The number of nitrogen functional groups attached to an aromatic ring is 1. The topological polar surface area (TPSA) is 111 Å². The van der Waals surface area contributed by atoms with Crippen molar-refractivity contribution in [2.75, 3.05) is 11.1 Å². The van der Waals surface area contributed by atoms with E-state index < -0.39 is 10.8 Å². The van der Waals surface area contributed by atoms with Crippen LogP contribution in [-0.4, -0.2) is 15.8 Å². The summed E-state index contributed by atoms with van der Waals surface area (Å²) in [5.74, 6) is -0.551. The first kappa shape index (κ1) is 14.4. The van der Waals surface area contributed by atoms with E-state index in [1.54, 1.807) is 12.1 Å². The first-order valence-corrected chi connectivity index (χ1v) is 6.17. The van der Waals surface area contributed by atoms with E-state index in [1.165, 1.54) is 6.07 Å². The Morgan fingerprint density at radius 3 is 2.62 bits per heavy atom. The zero-order valence-corrected chi connectivity index (χ0v) is 11.6. The van der Waals surface area contributed by atoms with E-state index in [2.05, 4.69) is 10.3 Å². The summed E-state index contributed by atoms with van der Waals surface area (Å²) in [6, 6.07) is 6.58. The molecule has 1 aromatic heterocycles. The van der Waals surface area contributed by atoms with Crippen LogP contribution in [0.2, 0.25) is 0 Å². The lowest BCUT2D eigenvalue weighted by atomic mass is 10.1. The Hall–Kier alpha value is -2.96. The lowest BCUT2D eigenvalue weighted by molar-refractivity contribution is -0.385. The number of hydrogen-bond acceptors (Lipinski definition) is 5. The highest BCUT2D eigenvalue weighted by Crippen LogP contribution is 2.21. The average Bonchev–Trinajstić information content (AvgIpc) is 2.42. The number of rotatable bonds is 3. The molecule has 0 radical (unpaired) electrons. The summed E-state index contributed by atoms with van der Waals surface area (Å²) in [5, 5.41) is 13.6. The van der Waals surface area contributed by atoms with Crippen molar-refractivity contribution in [3.8, 4) is 0 Å². The van der Waals surface area contributed by atoms with Crippen LogP contribution in [0, 0.1) is 24.0 Å². The normalized spacial score (nSPS) is 10.2. The summed E-state index contributed by atoms with van der Waals surface area (Å²) < 4.78 is 0. The molecular weight excluding hydrogens is 272 g/mol. The molecule has 108 valence electrons. The van der Waals surface area contributed by atoms with Gasteiger partial charge in [0.2, 0.25) is 0 Å². The van der Waals surface area contributed by atoms with Gasteiger partial charge in [0.15, 0.2) is 0 Å². The van der Waals surface area contributed by atoms with E-state index in [9.17, 15) is 14.9 Å². The molecule has 0 aliphatic rings. The molecule has 0 atom stereocenters. The molecule has 7 nitrogen and oxygen atoms in total. The molecule has 2 aromatic rings. The summed E-state index contributed by atoms with van der Waals surface area (Å²) in [6.07, 6.45) is 0.977. The van der Waals surface area contributed by atoms with Gasteiger partial charge in [-0.3, -0.25) is 14.9 Å². The number of pyridine rings is 1. The van der Waals surface area contributed by atoms with Crippen molar-refractivity contribution < 1.29 is 9.72 Å². The molecule has 3 N–H and O–H groups in total. The van der Waals surface area contributed by atoms with Crippen molar-refractivity contribution in [2.45, 2.75) is 13.8 Å². The molecule has 0 saturated carbocycles. The molecule has 1 aromatic carbocycles. The summed E-state index contributed by atoms with van der Waals surface area (Å²) in [7, 11) is 0. The van der Waals surface area contributed by atoms with Gasteiger partial charge in [-0.1, -0.05) is 6.07 Å². The van der Waals surface area contributed by atoms with Gasteiger partial charge >= 0.3 is 0 Å². The lowest BCUT2D eigenvalue weighted by Crippen LogP contribution is -2.15. The maximum Gasteiger partial charge on any atom is 0.300 e. The Morgan fingerprint density at radius 2 is 2.00 bits per heavy atom. The monoisotopic (exact) mass is 286 g/mol. The first-order valence-electron chi connectivity index (χ1n) is 6.17. The van der Waals surface area contributed by atoms with Gasteiger partial charge in [0.25, 0.3) is 11.6 Å². The van der Waals surface area contributed by atoms with E-state index in [4.69, 9.17) is 5.73 Å². The van der Waals surface area contributed by atoms with Crippen LogP contribution in [0.15, 0.2) is 30.5 Å². The lowest BCUT2D eigenvalue weighted by Gasteiger charge is -2.08. The third kappa shape index (κ3) is 3.14. The summed E-state index contributed by atoms with van der Waals surface area (Å²) >= 11 is 0. The average molecular weight is 286 g/mol. The number of nitrogens with zero attached hydrogens (tertiary/aromatic N) is 2. The summed E-state index contributed by atoms with van der Waals surface area (Å²) in [4.78, 5) is 26.1. The Labute approximate surface area is 121 Å². The number of anilines is 2. The van der Waals surface area contributed by atoms with Gasteiger partial charge in [-0.15, -0.1) is 0 Å². The molecule has 0 aliphatic carbocycles. The Balaban J connectivity index is 2.34. The van der Waals surface area contributed by atoms with Crippen LogP contribution < -0.4 is 11.1 Å². The molecule has 0 bridgehead atoms. The van der Waals surface area contributed by atoms with Gasteiger partial charge < -0.3 is 11.1 Å². The molecule has 1 heterocycles. The minimum Gasteiger partial charge on any atom is -0.384 e. The smallest absolute Gasteiger partial charge is 0.300 e. The molecule has 0 saturated heterocycles. The number of benzene rings is 1. The molecule has 0 spiro atoms. The Morgan fingerprint density at radius 1 is 1.29 bits per heavy atom. The third-order valence-corrected chi connectivity index (χ3v) is 3.11. The molecule has 1 amide bonds. The fraction of sp³-hybridized carbons (Fsp3) is 0.143. The molecule has 2 rings (SSSR count). The predicted octanol–water partition coefficient (Wildman–Crippen LogP) is 2.44. The Bertz CT molecular complexity index is 728. The van der Waals surface area contributed by atoms with E-state index in [-0.39, 0.29) is 17.1 Å². The number of amides is 1. The largest absolute Gasteiger partial charge is 0.384 e. The highest BCUT2D eigenvalue weighted by molar-refractivity contribution is 6.07. The van der Waals surface area contributed by atoms with Crippen LogP contribution in [-0.2, 0) is 0 Å². The van der Waals surface area contributed by atoms with Crippen molar-refractivity contribution in [1.29, 1.82) is 0 Å². The van der Waals surface area contributed by atoms with E-state index in [0.29, 0.717) is 5.69 Å². The second-order valence-electron chi connectivity index (χ2n) is 4.64. The van der Waals surface area contributed by atoms with Crippen molar-refractivity contribution in [2.24, 2.45) is 0 Å². The van der Waals surface area contributed by atoms with Crippen LogP contribution in [0.5, 0.6) is 0 Å². The number of nitrogens with two attached hydrogens (primary N) is 1. The van der Waals surface area contributed by atoms with Crippen molar-refractivity contribution in [1.82, 2.24) is 4.98 Å². The third-order valence-electron chi connectivity index (χ3n) is 3.11. The first-order chi connectivity index (χ1) is 9.88. The molecule has 21 heavy (non-hydrogen) atoms.